The average Bonchev–Trinajstić information content (AvgIpc) is 2.85. The van der Waals surface area contributed by atoms with Gasteiger partial charge in [0.2, 0.25) is 0 Å². The summed E-state index contributed by atoms with van der Waals surface area (Å²) >= 11 is 0. The Hall–Kier alpha value is -0.835. The molecular weight excluding hydrogens is 273 g/mol. The summed E-state index contributed by atoms with van der Waals surface area (Å²) in [5.41, 5.74) is 7.87. The van der Waals surface area contributed by atoms with Crippen LogP contribution in [0.1, 0.15) is 39.2 Å². The lowest BCUT2D eigenvalue weighted by Crippen LogP contribution is -2.65. The van der Waals surface area contributed by atoms with E-state index in [0.29, 0.717) is 11.3 Å². The van der Waals surface area contributed by atoms with Crippen LogP contribution in [0.25, 0.3) is 0 Å². The van der Waals surface area contributed by atoms with Crippen LogP contribution in [0.3, 0.4) is 0 Å². The molecule has 0 spiro atoms. The molecule has 4 heteroatoms. The average molecular weight is 299 g/mol. The van der Waals surface area contributed by atoms with E-state index in [1.165, 1.54) is 12.0 Å². The lowest BCUT2D eigenvalue weighted by molar-refractivity contribution is -0.199. The molecular formula is C18H26BNO2. The molecule has 5 rings (SSSR count). The Bertz CT molecular complexity index is 563. The highest BCUT2D eigenvalue weighted by molar-refractivity contribution is 6.47. The molecule has 0 unspecified atom stereocenters. The molecule has 118 valence electrons. The van der Waals surface area contributed by atoms with E-state index in [9.17, 15) is 0 Å². The molecule has 2 N–H and O–H groups in total. The first-order chi connectivity index (χ1) is 10.4. The predicted molar refractivity (Wildman–Crippen MR) is 88.2 cm³/mol. The highest BCUT2D eigenvalue weighted by Crippen LogP contribution is 2.65. The van der Waals surface area contributed by atoms with E-state index in [4.69, 9.17) is 15.0 Å². The molecule has 1 saturated heterocycles. The minimum Gasteiger partial charge on any atom is -0.404 e. The fraction of sp³-hybridized carbons (Fsp3) is 0.667. The highest BCUT2D eigenvalue weighted by atomic mass is 16.7. The van der Waals surface area contributed by atoms with Gasteiger partial charge < -0.3 is 15.0 Å². The molecule has 0 radical (unpaired) electrons. The summed E-state index contributed by atoms with van der Waals surface area (Å²) < 4.78 is 12.7. The second-order valence-electron chi connectivity index (χ2n) is 8.19. The number of rotatable bonds is 3. The van der Waals surface area contributed by atoms with Gasteiger partial charge in [-0.15, -0.1) is 0 Å². The third kappa shape index (κ3) is 2.00. The van der Waals surface area contributed by atoms with Gasteiger partial charge >= 0.3 is 7.12 Å². The molecule has 0 aromatic heterocycles. The van der Waals surface area contributed by atoms with E-state index in [2.05, 4.69) is 45.0 Å². The fourth-order valence-electron chi connectivity index (χ4n) is 5.06. The van der Waals surface area contributed by atoms with Gasteiger partial charge in [-0.3, -0.25) is 0 Å². The lowest BCUT2D eigenvalue weighted by Gasteiger charge is -2.64. The van der Waals surface area contributed by atoms with Crippen LogP contribution in [0.15, 0.2) is 30.3 Å². The van der Waals surface area contributed by atoms with Gasteiger partial charge in [0.1, 0.15) is 0 Å². The molecule has 22 heavy (non-hydrogen) atoms. The van der Waals surface area contributed by atoms with Crippen LogP contribution in [0, 0.1) is 17.3 Å². The topological polar surface area (TPSA) is 44.5 Å². The molecule has 0 amide bonds. The van der Waals surface area contributed by atoms with Gasteiger partial charge in [0.05, 0.1) is 11.7 Å². The Morgan fingerprint density at radius 1 is 1.23 bits per heavy atom. The minimum atomic E-state index is -0.273. The van der Waals surface area contributed by atoms with Gasteiger partial charge in [-0.25, -0.2) is 0 Å². The van der Waals surface area contributed by atoms with Crippen LogP contribution >= 0.6 is 0 Å². The summed E-state index contributed by atoms with van der Waals surface area (Å²) in [6.45, 7) is 7.01. The minimum absolute atomic E-state index is 0.106. The molecule has 5 atom stereocenters. The van der Waals surface area contributed by atoms with Crippen molar-refractivity contribution < 1.29 is 9.31 Å². The summed E-state index contributed by atoms with van der Waals surface area (Å²) in [5.74, 6) is 1.27. The second kappa shape index (κ2) is 4.83. The molecule has 3 saturated carbocycles. The SMILES string of the molecule is CC1(C)[C@H]2C[C@H]3OB([C@@H](N)Cc4ccccc4)O[C@@]3(C)[C@H]1C2. The van der Waals surface area contributed by atoms with Gasteiger partial charge in [0.15, 0.2) is 0 Å². The van der Waals surface area contributed by atoms with Crippen molar-refractivity contribution in [2.75, 3.05) is 0 Å². The number of hydrogen-bond donors (Lipinski definition) is 1. The van der Waals surface area contributed by atoms with Crippen molar-refractivity contribution in [1.82, 2.24) is 0 Å². The summed E-state index contributed by atoms with van der Waals surface area (Å²) in [6.07, 6.45) is 3.42. The van der Waals surface area contributed by atoms with Crippen molar-refractivity contribution in [3.05, 3.63) is 35.9 Å². The smallest absolute Gasteiger partial charge is 0.404 e. The molecule has 2 bridgehead atoms. The lowest BCUT2D eigenvalue weighted by atomic mass is 9.43. The van der Waals surface area contributed by atoms with Crippen molar-refractivity contribution in [3.63, 3.8) is 0 Å². The van der Waals surface area contributed by atoms with Gasteiger partial charge in [-0.05, 0) is 49.0 Å². The van der Waals surface area contributed by atoms with Crippen LogP contribution < -0.4 is 5.73 Å². The van der Waals surface area contributed by atoms with Crippen molar-refractivity contribution >= 4 is 7.12 Å². The largest absolute Gasteiger partial charge is 0.475 e. The number of hydrogen-bond acceptors (Lipinski definition) is 3. The van der Waals surface area contributed by atoms with E-state index in [1.807, 2.05) is 6.07 Å². The van der Waals surface area contributed by atoms with E-state index >= 15 is 0 Å². The van der Waals surface area contributed by atoms with Gasteiger partial charge in [0, 0.05) is 5.94 Å². The van der Waals surface area contributed by atoms with Crippen LogP contribution in [0.5, 0.6) is 0 Å². The maximum Gasteiger partial charge on any atom is 0.475 e. The zero-order chi connectivity index (χ0) is 15.5. The molecule has 1 aliphatic heterocycles. The Kier molecular flexibility index (Phi) is 3.23. The van der Waals surface area contributed by atoms with Gasteiger partial charge in [-0.1, -0.05) is 44.2 Å². The summed E-state index contributed by atoms with van der Waals surface area (Å²) in [6, 6.07) is 10.4. The van der Waals surface area contributed by atoms with Gasteiger partial charge in [-0.2, -0.15) is 0 Å². The highest BCUT2D eigenvalue weighted by Gasteiger charge is 2.68. The van der Waals surface area contributed by atoms with E-state index < -0.39 is 0 Å². The number of benzene rings is 1. The molecule has 1 aromatic rings. The van der Waals surface area contributed by atoms with Crippen molar-refractivity contribution in [3.8, 4) is 0 Å². The van der Waals surface area contributed by atoms with Crippen LogP contribution in [-0.2, 0) is 15.7 Å². The third-order valence-electron chi connectivity index (χ3n) is 6.63. The molecule has 1 aromatic carbocycles. The van der Waals surface area contributed by atoms with Crippen molar-refractivity contribution in [2.24, 2.45) is 23.0 Å². The van der Waals surface area contributed by atoms with Crippen molar-refractivity contribution in [1.29, 1.82) is 0 Å². The standard InChI is InChI=1S/C18H26BNO2/c1-17(2)13-10-14(17)18(3)15(11-13)21-19(22-18)16(20)9-12-7-5-4-6-8-12/h4-8,13-16H,9-11,20H2,1-3H3/t13-,14+,15-,16+,18+/m1/s1. The van der Waals surface area contributed by atoms with Crippen molar-refractivity contribution in [2.45, 2.75) is 57.7 Å². The molecule has 4 fully saturated rings. The zero-order valence-corrected chi connectivity index (χ0v) is 13.8. The first-order valence-corrected chi connectivity index (χ1v) is 8.54. The van der Waals surface area contributed by atoms with E-state index in [-0.39, 0.29) is 24.8 Å². The van der Waals surface area contributed by atoms with E-state index in [1.54, 1.807) is 0 Å². The quantitative estimate of drug-likeness (QED) is 0.873. The molecule has 1 heterocycles. The Morgan fingerprint density at radius 2 is 1.95 bits per heavy atom. The summed E-state index contributed by atoms with van der Waals surface area (Å²) in [7, 11) is -0.273. The molecule has 3 aliphatic carbocycles. The Morgan fingerprint density at radius 3 is 2.64 bits per heavy atom. The maximum atomic E-state index is 6.43. The third-order valence-corrected chi connectivity index (χ3v) is 6.63. The predicted octanol–water partition coefficient (Wildman–Crippen LogP) is 2.82. The van der Waals surface area contributed by atoms with Crippen LogP contribution in [-0.4, -0.2) is 24.8 Å². The van der Waals surface area contributed by atoms with E-state index in [0.717, 1.165) is 18.8 Å². The van der Waals surface area contributed by atoms with Gasteiger partial charge in [0.25, 0.3) is 0 Å². The first-order valence-electron chi connectivity index (χ1n) is 8.54. The van der Waals surface area contributed by atoms with Crippen LogP contribution in [0.2, 0.25) is 0 Å². The Labute approximate surface area is 133 Å². The normalized spacial score (nSPS) is 40.0. The first kappa shape index (κ1) is 14.7. The maximum absolute atomic E-state index is 6.43. The summed E-state index contributed by atoms with van der Waals surface area (Å²) in [4.78, 5) is 0. The molecule has 4 aliphatic rings. The molecule has 3 nitrogen and oxygen atoms in total. The summed E-state index contributed by atoms with van der Waals surface area (Å²) in [5, 5.41) is 0. The Balaban J connectivity index is 1.48. The fourth-order valence-corrected chi connectivity index (χ4v) is 5.06. The zero-order valence-electron chi connectivity index (χ0n) is 13.8. The second-order valence-corrected chi connectivity index (χ2v) is 8.19. The number of nitrogens with two attached hydrogens (primary N) is 1. The monoisotopic (exact) mass is 299 g/mol. The van der Waals surface area contributed by atoms with Crippen LogP contribution in [0.4, 0.5) is 0 Å².